The van der Waals surface area contributed by atoms with Crippen LogP contribution in [0.5, 0.6) is 0 Å². The number of nitrogens with one attached hydrogen (secondary N) is 2. The molecule has 2 N–H and O–H groups in total. The highest BCUT2D eigenvalue weighted by molar-refractivity contribution is 5.89. The molecule has 7 heteroatoms. The van der Waals surface area contributed by atoms with Crippen LogP contribution in [0.1, 0.15) is 31.4 Å². The van der Waals surface area contributed by atoms with Gasteiger partial charge in [-0.25, -0.2) is 4.79 Å². The minimum Gasteiger partial charge on any atom is -0.333 e. The molecule has 0 aliphatic carbocycles. The second kappa shape index (κ2) is 8.64. The number of hydrogen-bond donors (Lipinski definition) is 2. The molecule has 0 spiro atoms. The molecule has 1 fully saturated rings. The third kappa shape index (κ3) is 4.83. The van der Waals surface area contributed by atoms with E-state index >= 15 is 0 Å². The zero-order valence-electron chi connectivity index (χ0n) is 15.3. The number of urea groups is 1. The Balaban J connectivity index is 1.69. The van der Waals surface area contributed by atoms with Crippen molar-refractivity contribution in [2.75, 3.05) is 18.4 Å². The molecule has 1 aliphatic heterocycles. The lowest BCUT2D eigenvalue weighted by Gasteiger charge is -2.33. The molecule has 0 bridgehead atoms. The largest absolute Gasteiger partial charge is 0.333 e. The summed E-state index contributed by atoms with van der Waals surface area (Å²) in [6.07, 6.45) is 2.33. The topological polar surface area (TPSA) is 87.5 Å². The Morgan fingerprint density at radius 3 is 2.48 bits per heavy atom. The fourth-order valence-corrected chi connectivity index (χ4v) is 3.64. The Morgan fingerprint density at radius 2 is 1.81 bits per heavy atom. The number of rotatable bonds is 6. The van der Waals surface area contributed by atoms with Gasteiger partial charge in [-0.15, -0.1) is 0 Å². The maximum atomic E-state index is 12.4. The number of likely N-dealkylation sites (tertiary alicyclic amines) is 1. The first-order valence-electron chi connectivity index (χ1n) is 9.15. The van der Waals surface area contributed by atoms with Crippen LogP contribution in [0, 0.1) is 10.1 Å². The summed E-state index contributed by atoms with van der Waals surface area (Å²) in [5, 5.41) is 16.6. The molecule has 3 rings (SSSR count). The first-order valence-corrected chi connectivity index (χ1v) is 9.15. The van der Waals surface area contributed by atoms with Gasteiger partial charge in [0.2, 0.25) is 0 Å². The third-order valence-electron chi connectivity index (χ3n) is 4.82. The Hall–Kier alpha value is -2.93. The summed E-state index contributed by atoms with van der Waals surface area (Å²) in [5.41, 5.74) is 1.51. The molecule has 7 nitrogen and oxygen atoms in total. The Labute approximate surface area is 158 Å². The van der Waals surface area contributed by atoms with E-state index in [0.29, 0.717) is 5.69 Å². The lowest BCUT2D eigenvalue weighted by atomic mass is 9.99. The van der Waals surface area contributed by atoms with Crippen molar-refractivity contribution in [3.8, 4) is 0 Å². The van der Waals surface area contributed by atoms with Crippen LogP contribution in [0.15, 0.2) is 54.6 Å². The quantitative estimate of drug-likeness (QED) is 0.597. The van der Waals surface area contributed by atoms with E-state index in [1.165, 1.54) is 17.7 Å². The maximum Gasteiger partial charge on any atom is 0.319 e. The van der Waals surface area contributed by atoms with E-state index in [-0.39, 0.29) is 23.8 Å². The molecule has 0 saturated carbocycles. The second-order valence-corrected chi connectivity index (χ2v) is 6.79. The number of non-ortho nitro benzene ring substituents is 1. The summed E-state index contributed by atoms with van der Waals surface area (Å²) in [6, 6.07) is 15.7. The standard InChI is InChI=1S/C20H24N4O3/c1-15(19(23-12-5-6-13-23)16-8-3-2-4-9-16)21-20(25)22-17-10-7-11-18(14-17)24(26)27/h2-4,7-11,14-15,19H,5-6,12-13H2,1H3,(H2,21,22,25)/t15-,19-/m0/s1. The monoisotopic (exact) mass is 368 g/mol. The van der Waals surface area contributed by atoms with Gasteiger partial charge in [0.15, 0.2) is 0 Å². The van der Waals surface area contributed by atoms with Gasteiger partial charge < -0.3 is 10.6 Å². The highest BCUT2D eigenvalue weighted by Gasteiger charge is 2.29. The van der Waals surface area contributed by atoms with Crippen LogP contribution in [-0.2, 0) is 0 Å². The molecular formula is C20H24N4O3. The summed E-state index contributed by atoms with van der Waals surface area (Å²) in [7, 11) is 0. The number of carbonyl (C=O) groups is 1. The normalized spacial score (nSPS) is 16.5. The number of nitrogens with zero attached hydrogens (tertiary/aromatic N) is 2. The van der Waals surface area contributed by atoms with E-state index in [0.717, 1.165) is 25.9 Å². The summed E-state index contributed by atoms with van der Waals surface area (Å²) < 4.78 is 0. The predicted molar refractivity (Wildman–Crippen MR) is 105 cm³/mol. The first-order chi connectivity index (χ1) is 13.0. The van der Waals surface area contributed by atoms with E-state index in [1.54, 1.807) is 12.1 Å². The molecule has 1 saturated heterocycles. The number of nitro groups is 1. The van der Waals surface area contributed by atoms with Gasteiger partial charge in [0.05, 0.1) is 11.0 Å². The number of amides is 2. The van der Waals surface area contributed by atoms with E-state index in [1.807, 2.05) is 25.1 Å². The molecule has 2 aromatic rings. The second-order valence-electron chi connectivity index (χ2n) is 6.79. The average Bonchev–Trinajstić information content (AvgIpc) is 3.17. The van der Waals surface area contributed by atoms with Crippen molar-refractivity contribution in [2.45, 2.75) is 31.8 Å². The molecule has 27 heavy (non-hydrogen) atoms. The van der Waals surface area contributed by atoms with Crippen molar-refractivity contribution in [3.05, 3.63) is 70.3 Å². The van der Waals surface area contributed by atoms with Crippen LogP contribution in [0.3, 0.4) is 0 Å². The van der Waals surface area contributed by atoms with Crippen molar-refractivity contribution in [1.82, 2.24) is 10.2 Å². The van der Waals surface area contributed by atoms with Gasteiger partial charge in [-0.3, -0.25) is 15.0 Å². The maximum absolute atomic E-state index is 12.4. The van der Waals surface area contributed by atoms with Crippen LogP contribution in [0.2, 0.25) is 0 Å². The van der Waals surface area contributed by atoms with Crippen LogP contribution in [-0.4, -0.2) is 35.0 Å². The van der Waals surface area contributed by atoms with Gasteiger partial charge in [-0.2, -0.15) is 0 Å². The van der Waals surface area contributed by atoms with Crippen LogP contribution in [0.4, 0.5) is 16.2 Å². The molecule has 142 valence electrons. The lowest BCUT2D eigenvalue weighted by molar-refractivity contribution is -0.384. The van der Waals surface area contributed by atoms with Gasteiger partial charge in [0, 0.05) is 23.9 Å². The average molecular weight is 368 g/mol. The van der Waals surface area contributed by atoms with Crippen LogP contribution >= 0.6 is 0 Å². The van der Waals surface area contributed by atoms with Gasteiger partial charge >= 0.3 is 6.03 Å². The summed E-state index contributed by atoms with van der Waals surface area (Å²) >= 11 is 0. The highest BCUT2D eigenvalue weighted by atomic mass is 16.6. The zero-order valence-corrected chi connectivity index (χ0v) is 15.3. The number of anilines is 1. The van der Waals surface area contributed by atoms with Crippen molar-refractivity contribution in [1.29, 1.82) is 0 Å². The number of nitro benzene ring substituents is 1. The Bertz CT molecular complexity index is 791. The van der Waals surface area contributed by atoms with Crippen molar-refractivity contribution < 1.29 is 9.72 Å². The molecule has 2 atom stereocenters. The molecular weight excluding hydrogens is 344 g/mol. The predicted octanol–water partition coefficient (Wildman–Crippen LogP) is 3.94. The summed E-state index contributed by atoms with van der Waals surface area (Å²) in [4.78, 5) is 25.2. The van der Waals surface area contributed by atoms with Gasteiger partial charge in [0.25, 0.3) is 5.69 Å². The number of benzene rings is 2. The van der Waals surface area contributed by atoms with E-state index in [9.17, 15) is 14.9 Å². The fraction of sp³-hybridized carbons (Fsp3) is 0.350. The Kier molecular flexibility index (Phi) is 6.03. The van der Waals surface area contributed by atoms with Gasteiger partial charge in [-0.05, 0) is 44.5 Å². The van der Waals surface area contributed by atoms with Crippen LogP contribution in [0.25, 0.3) is 0 Å². The fourth-order valence-electron chi connectivity index (χ4n) is 3.64. The van der Waals surface area contributed by atoms with E-state index < -0.39 is 4.92 Å². The summed E-state index contributed by atoms with van der Waals surface area (Å²) in [5.74, 6) is 0. The van der Waals surface area contributed by atoms with Crippen LogP contribution < -0.4 is 10.6 Å². The molecule has 0 aromatic heterocycles. The van der Waals surface area contributed by atoms with Crippen molar-refractivity contribution in [3.63, 3.8) is 0 Å². The molecule has 2 amide bonds. The third-order valence-corrected chi connectivity index (χ3v) is 4.82. The molecule has 2 aromatic carbocycles. The SMILES string of the molecule is C[C@H](NC(=O)Nc1cccc([N+](=O)[O-])c1)[C@@H](c1ccccc1)N1CCCC1. The highest BCUT2D eigenvalue weighted by Crippen LogP contribution is 2.28. The first kappa shape index (κ1) is 18.8. The molecule has 0 radical (unpaired) electrons. The lowest BCUT2D eigenvalue weighted by Crippen LogP contribution is -2.45. The smallest absolute Gasteiger partial charge is 0.319 e. The van der Waals surface area contributed by atoms with Crippen molar-refractivity contribution >= 4 is 17.4 Å². The van der Waals surface area contributed by atoms with Gasteiger partial charge in [0.1, 0.15) is 0 Å². The van der Waals surface area contributed by atoms with Gasteiger partial charge in [-0.1, -0.05) is 36.4 Å². The molecule has 0 unspecified atom stereocenters. The minimum absolute atomic E-state index is 0.0555. The molecule has 1 heterocycles. The van der Waals surface area contributed by atoms with E-state index in [2.05, 4.69) is 27.7 Å². The number of carbonyl (C=O) groups excluding carboxylic acids is 1. The Morgan fingerprint density at radius 1 is 1.11 bits per heavy atom. The minimum atomic E-state index is -0.482. The molecule has 1 aliphatic rings. The van der Waals surface area contributed by atoms with E-state index in [4.69, 9.17) is 0 Å². The number of hydrogen-bond acceptors (Lipinski definition) is 4. The summed E-state index contributed by atoms with van der Waals surface area (Å²) in [6.45, 7) is 4.01. The van der Waals surface area contributed by atoms with Crippen molar-refractivity contribution in [2.24, 2.45) is 0 Å². The zero-order chi connectivity index (χ0) is 19.2.